The minimum atomic E-state index is -0.147. The van der Waals surface area contributed by atoms with E-state index in [1.807, 2.05) is 13.0 Å². The van der Waals surface area contributed by atoms with Gasteiger partial charge in [0.25, 0.3) is 0 Å². The third-order valence-electron chi connectivity index (χ3n) is 3.23. The summed E-state index contributed by atoms with van der Waals surface area (Å²) in [6, 6.07) is 3.84. The highest BCUT2D eigenvalue weighted by molar-refractivity contribution is 5.40. The van der Waals surface area contributed by atoms with Gasteiger partial charge in [-0.1, -0.05) is 6.07 Å². The van der Waals surface area contributed by atoms with Crippen molar-refractivity contribution in [1.82, 2.24) is 0 Å². The Morgan fingerprint density at radius 3 is 2.53 bits per heavy atom. The van der Waals surface area contributed by atoms with Crippen molar-refractivity contribution in [2.75, 3.05) is 0 Å². The zero-order valence-corrected chi connectivity index (χ0v) is 8.92. The Labute approximate surface area is 89.3 Å². The lowest BCUT2D eigenvalue weighted by Crippen LogP contribution is -2.01. The van der Waals surface area contributed by atoms with E-state index >= 15 is 0 Å². The first-order valence-electron chi connectivity index (χ1n) is 5.71. The number of rotatable bonds is 3. The van der Waals surface area contributed by atoms with Gasteiger partial charge in [0.05, 0.1) is 6.10 Å². The molecule has 0 amide bonds. The fraction of sp³-hybridized carbons (Fsp3) is 0.538. The zero-order valence-electron chi connectivity index (χ0n) is 8.92. The predicted molar refractivity (Wildman–Crippen MR) is 56.8 cm³/mol. The Kier molecular flexibility index (Phi) is 1.98. The van der Waals surface area contributed by atoms with Crippen molar-refractivity contribution < 1.29 is 9.13 Å². The fourth-order valence-corrected chi connectivity index (χ4v) is 1.97. The summed E-state index contributed by atoms with van der Waals surface area (Å²) in [6.07, 6.45) is 4.84. The highest BCUT2D eigenvalue weighted by Crippen LogP contribution is 2.43. The van der Waals surface area contributed by atoms with E-state index in [1.54, 1.807) is 6.07 Å². The van der Waals surface area contributed by atoms with Crippen molar-refractivity contribution >= 4 is 0 Å². The lowest BCUT2D eigenvalue weighted by molar-refractivity contribution is 0.286. The van der Waals surface area contributed by atoms with Crippen LogP contribution in [-0.4, -0.2) is 6.10 Å². The second kappa shape index (κ2) is 3.22. The summed E-state index contributed by atoms with van der Waals surface area (Å²) in [5.41, 5.74) is 1.96. The van der Waals surface area contributed by atoms with E-state index in [0.29, 0.717) is 11.7 Å². The minimum absolute atomic E-state index is 0.147. The van der Waals surface area contributed by atoms with E-state index in [1.165, 1.54) is 18.4 Å². The Morgan fingerprint density at radius 2 is 1.93 bits per heavy atom. The average Bonchev–Trinajstić information content (AvgIpc) is 3.05. The Balaban J connectivity index is 1.91. The SMILES string of the molecule is Cc1c(C2CC2)ccc(OC2CC2)c1F. The summed E-state index contributed by atoms with van der Waals surface area (Å²) in [7, 11) is 0. The van der Waals surface area contributed by atoms with Gasteiger partial charge >= 0.3 is 0 Å². The van der Waals surface area contributed by atoms with Gasteiger partial charge in [-0.05, 0) is 55.7 Å². The first kappa shape index (κ1) is 9.20. The highest BCUT2D eigenvalue weighted by atomic mass is 19.1. The molecule has 0 bridgehead atoms. The van der Waals surface area contributed by atoms with Crippen LogP contribution in [0, 0.1) is 12.7 Å². The summed E-state index contributed by atoms with van der Waals surface area (Å²) in [6.45, 7) is 1.86. The molecule has 0 unspecified atom stereocenters. The molecular weight excluding hydrogens is 191 g/mol. The molecule has 0 atom stereocenters. The average molecular weight is 206 g/mol. The van der Waals surface area contributed by atoms with E-state index in [0.717, 1.165) is 18.4 Å². The molecule has 1 aromatic carbocycles. The Bertz CT molecular complexity index is 392. The smallest absolute Gasteiger partial charge is 0.168 e. The largest absolute Gasteiger partial charge is 0.487 e. The summed E-state index contributed by atoms with van der Waals surface area (Å²) < 4.78 is 19.4. The number of benzene rings is 1. The van der Waals surface area contributed by atoms with Crippen molar-refractivity contribution in [3.8, 4) is 5.75 Å². The first-order chi connectivity index (χ1) is 7.25. The number of hydrogen-bond donors (Lipinski definition) is 0. The normalized spacial score (nSPS) is 20.4. The van der Waals surface area contributed by atoms with Crippen molar-refractivity contribution in [3.05, 3.63) is 29.1 Å². The van der Waals surface area contributed by atoms with Crippen LogP contribution in [0.4, 0.5) is 4.39 Å². The first-order valence-corrected chi connectivity index (χ1v) is 5.71. The van der Waals surface area contributed by atoms with Gasteiger partial charge < -0.3 is 4.74 Å². The second-order valence-corrected chi connectivity index (χ2v) is 4.68. The number of hydrogen-bond acceptors (Lipinski definition) is 1. The maximum absolute atomic E-state index is 13.9. The molecule has 1 aromatic rings. The van der Waals surface area contributed by atoms with Crippen LogP contribution in [0.25, 0.3) is 0 Å². The van der Waals surface area contributed by atoms with Gasteiger partial charge in [-0.25, -0.2) is 4.39 Å². The topological polar surface area (TPSA) is 9.23 Å². The van der Waals surface area contributed by atoms with E-state index < -0.39 is 0 Å². The molecule has 2 fully saturated rings. The van der Waals surface area contributed by atoms with Gasteiger partial charge in [-0.3, -0.25) is 0 Å². The molecule has 15 heavy (non-hydrogen) atoms. The van der Waals surface area contributed by atoms with Gasteiger partial charge in [0.15, 0.2) is 11.6 Å². The summed E-state index contributed by atoms with van der Waals surface area (Å²) >= 11 is 0. The van der Waals surface area contributed by atoms with Crippen LogP contribution >= 0.6 is 0 Å². The summed E-state index contributed by atoms with van der Waals surface area (Å²) in [5, 5.41) is 0. The molecule has 1 nitrogen and oxygen atoms in total. The molecule has 0 aromatic heterocycles. The van der Waals surface area contributed by atoms with Crippen LogP contribution in [0.1, 0.15) is 42.7 Å². The number of ether oxygens (including phenoxy) is 1. The maximum Gasteiger partial charge on any atom is 0.168 e. The molecule has 3 rings (SSSR count). The van der Waals surface area contributed by atoms with Gasteiger partial charge in [-0.15, -0.1) is 0 Å². The second-order valence-electron chi connectivity index (χ2n) is 4.68. The minimum Gasteiger partial charge on any atom is -0.487 e. The van der Waals surface area contributed by atoms with E-state index in [-0.39, 0.29) is 11.9 Å². The van der Waals surface area contributed by atoms with Crippen LogP contribution in [0.3, 0.4) is 0 Å². The summed E-state index contributed by atoms with van der Waals surface area (Å²) in [4.78, 5) is 0. The molecule has 80 valence electrons. The molecule has 0 heterocycles. The third kappa shape index (κ3) is 1.73. The molecule has 0 N–H and O–H groups in total. The van der Waals surface area contributed by atoms with Crippen molar-refractivity contribution in [2.45, 2.75) is 44.6 Å². The standard InChI is InChI=1S/C13H15FO/c1-8-11(9-2-3-9)6-7-12(13(8)14)15-10-4-5-10/h6-7,9-10H,2-5H2,1H3. The molecule has 2 heteroatoms. The molecule has 0 aliphatic heterocycles. The maximum atomic E-state index is 13.9. The Morgan fingerprint density at radius 1 is 1.20 bits per heavy atom. The number of halogens is 1. The monoisotopic (exact) mass is 206 g/mol. The van der Waals surface area contributed by atoms with Crippen LogP contribution < -0.4 is 4.74 Å². The van der Waals surface area contributed by atoms with Crippen molar-refractivity contribution in [2.24, 2.45) is 0 Å². The van der Waals surface area contributed by atoms with E-state index in [4.69, 9.17) is 4.74 Å². The van der Waals surface area contributed by atoms with Crippen LogP contribution in [0.15, 0.2) is 12.1 Å². The fourth-order valence-electron chi connectivity index (χ4n) is 1.97. The van der Waals surface area contributed by atoms with Gasteiger partial charge in [0, 0.05) is 0 Å². The Hall–Kier alpha value is -1.05. The molecule has 2 aliphatic rings. The van der Waals surface area contributed by atoms with Gasteiger partial charge in [-0.2, -0.15) is 0 Å². The molecule has 0 spiro atoms. The van der Waals surface area contributed by atoms with Gasteiger partial charge in [0.2, 0.25) is 0 Å². The summed E-state index contributed by atoms with van der Waals surface area (Å²) in [5.74, 6) is 0.903. The van der Waals surface area contributed by atoms with Crippen molar-refractivity contribution in [1.29, 1.82) is 0 Å². The van der Waals surface area contributed by atoms with Crippen LogP contribution in [-0.2, 0) is 0 Å². The van der Waals surface area contributed by atoms with Crippen molar-refractivity contribution in [3.63, 3.8) is 0 Å². The molecule has 2 saturated carbocycles. The van der Waals surface area contributed by atoms with E-state index in [9.17, 15) is 4.39 Å². The predicted octanol–water partition coefficient (Wildman–Crippen LogP) is 3.55. The lowest BCUT2D eigenvalue weighted by atomic mass is 10.0. The van der Waals surface area contributed by atoms with Crippen LogP contribution in [0.5, 0.6) is 5.75 Å². The van der Waals surface area contributed by atoms with Crippen LogP contribution in [0.2, 0.25) is 0 Å². The molecular formula is C13H15FO. The third-order valence-corrected chi connectivity index (χ3v) is 3.23. The van der Waals surface area contributed by atoms with Gasteiger partial charge in [0.1, 0.15) is 0 Å². The highest BCUT2D eigenvalue weighted by Gasteiger charge is 2.29. The molecule has 2 aliphatic carbocycles. The quantitative estimate of drug-likeness (QED) is 0.734. The molecule has 0 saturated heterocycles. The lowest BCUT2D eigenvalue weighted by Gasteiger charge is -2.11. The molecule has 0 radical (unpaired) electrons. The zero-order chi connectivity index (χ0) is 10.4. The van der Waals surface area contributed by atoms with E-state index in [2.05, 4.69) is 0 Å².